The summed E-state index contributed by atoms with van der Waals surface area (Å²) in [6, 6.07) is 12.6. The van der Waals surface area contributed by atoms with Gasteiger partial charge in [-0.15, -0.1) is 0 Å². The maximum Gasteiger partial charge on any atom is 0.274 e. The van der Waals surface area contributed by atoms with Crippen LogP contribution in [0.5, 0.6) is 5.75 Å². The Hall–Kier alpha value is -2.11. The number of hydrogen-bond donors (Lipinski definition) is 2. The minimum atomic E-state index is -0.431. The molecule has 1 heterocycles. The number of aromatic nitrogens is 1. The molecule has 1 aromatic heterocycles. The molecule has 2 N–H and O–H groups in total. The summed E-state index contributed by atoms with van der Waals surface area (Å²) in [7, 11) is 0. The first kappa shape index (κ1) is 15.8. The Morgan fingerprint density at radius 2 is 1.96 bits per heavy atom. The van der Waals surface area contributed by atoms with Crippen LogP contribution in [0.2, 0.25) is 5.02 Å². The summed E-state index contributed by atoms with van der Waals surface area (Å²) < 4.78 is 0.819. The van der Waals surface area contributed by atoms with Crippen LogP contribution in [-0.4, -0.2) is 16.0 Å². The van der Waals surface area contributed by atoms with Crippen LogP contribution in [-0.2, 0) is 6.54 Å². The van der Waals surface area contributed by atoms with Gasteiger partial charge in [0.2, 0.25) is 0 Å². The molecule has 116 valence electrons. The molecule has 0 unspecified atom stereocenters. The van der Waals surface area contributed by atoms with Crippen molar-refractivity contribution in [1.29, 1.82) is 0 Å². The fourth-order valence-corrected chi connectivity index (χ4v) is 2.69. The number of carbonyl (C=O) groups excluding carboxylic acids is 1. The monoisotopic (exact) mass is 390 g/mol. The van der Waals surface area contributed by atoms with E-state index in [2.05, 4.69) is 26.2 Å². The Morgan fingerprint density at radius 1 is 1.22 bits per heavy atom. The van der Waals surface area contributed by atoms with Crippen molar-refractivity contribution in [1.82, 2.24) is 10.3 Å². The summed E-state index contributed by atoms with van der Waals surface area (Å²) >= 11 is 9.18. The van der Waals surface area contributed by atoms with E-state index in [9.17, 15) is 9.90 Å². The van der Waals surface area contributed by atoms with Crippen LogP contribution in [0.25, 0.3) is 10.8 Å². The van der Waals surface area contributed by atoms with Gasteiger partial charge in [0.25, 0.3) is 5.91 Å². The van der Waals surface area contributed by atoms with E-state index in [0.717, 1.165) is 15.4 Å². The predicted molar refractivity (Wildman–Crippen MR) is 93.7 cm³/mol. The van der Waals surface area contributed by atoms with Gasteiger partial charge in [0.15, 0.2) is 11.4 Å². The lowest BCUT2D eigenvalue weighted by Gasteiger charge is -2.09. The third-order valence-corrected chi connectivity index (χ3v) is 4.15. The van der Waals surface area contributed by atoms with Gasteiger partial charge >= 0.3 is 0 Å². The van der Waals surface area contributed by atoms with Gasteiger partial charge < -0.3 is 10.4 Å². The van der Waals surface area contributed by atoms with Gasteiger partial charge in [-0.25, -0.2) is 4.98 Å². The van der Waals surface area contributed by atoms with E-state index in [1.165, 1.54) is 0 Å². The van der Waals surface area contributed by atoms with E-state index in [4.69, 9.17) is 11.6 Å². The van der Waals surface area contributed by atoms with Crippen molar-refractivity contribution in [2.75, 3.05) is 0 Å². The summed E-state index contributed by atoms with van der Waals surface area (Å²) in [5, 5.41) is 15.0. The molecule has 0 saturated heterocycles. The number of halogens is 2. The molecule has 0 bridgehead atoms. The van der Waals surface area contributed by atoms with Crippen molar-refractivity contribution in [3.05, 3.63) is 69.4 Å². The highest BCUT2D eigenvalue weighted by atomic mass is 79.9. The van der Waals surface area contributed by atoms with Crippen LogP contribution in [0.4, 0.5) is 0 Å². The van der Waals surface area contributed by atoms with Gasteiger partial charge in [0.05, 0.1) is 0 Å². The average molecular weight is 392 g/mol. The Labute approximate surface area is 146 Å². The van der Waals surface area contributed by atoms with E-state index in [1.54, 1.807) is 24.4 Å². The van der Waals surface area contributed by atoms with Gasteiger partial charge in [-0.3, -0.25) is 4.79 Å². The van der Waals surface area contributed by atoms with Gasteiger partial charge in [-0.05, 0) is 29.8 Å². The van der Waals surface area contributed by atoms with Crippen molar-refractivity contribution >= 4 is 44.2 Å². The molecule has 0 radical (unpaired) electrons. The van der Waals surface area contributed by atoms with Crippen LogP contribution in [0.1, 0.15) is 16.1 Å². The number of nitrogens with one attached hydrogen (secondary N) is 1. The lowest BCUT2D eigenvalue weighted by molar-refractivity contribution is 0.0943. The summed E-state index contributed by atoms with van der Waals surface area (Å²) in [4.78, 5) is 16.3. The van der Waals surface area contributed by atoms with Crippen LogP contribution in [0.3, 0.4) is 0 Å². The Bertz CT molecular complexity index is 882. The van der Waals surface area contributed by atoms with Crippen LogP contribution in [0.15, 0.2) is 53.1 Å². The fourth-order valence-electron chi connectivity index (χ4n) is 2.20. The van der Waals surface area contributed by atoms with E-state index >= 15 is 0 Å². The Morgan fingerprint density at radius 3 is 2.70 bits per heavy atom. The van der Waals surface area contributed by atoms with Gasteiger partial charge in [-0.2, -0.15) is 0 Å². The number of carbonyl (C=O) groups is 1. The maximum atomic E-state index is 12.3. The molecule has 23 heavy (non-hydrogen) atoms. The molecule has 0 aliphatic carbocycles. The fraction of sp³-hybridized carbons (Fsp3) is 0.0588. The molecule has 0 saturated carbocycles. The summed E-state index contributed by atoms with van der Waals surface area (Å²) in [5.41, 5.74) is 0.912. The molecule has 0 atom stereocenters. The van der Waals surface area contributed by atoms with Gasteiger partial charge in [-0.1, -0.05) is 45.7 Å². The number of aromatic hydroxyl groups is 1. The first-order chi connectivity index (χ1) is 11.0. The second-order valence-corrected chi connectivity index (χ2v) is 6.35. The van der Waals surface area contributed by atoms with Crippen LogP contribution in [0, 0.1) is 0 Å². The predicted octanol–water partition coefficient (Wildman–Crippen LogP) is 4.29. The lowest BCUT2D eigenvalue weighted by Crippen LogP contribution is -2.23. The van der Waals surface area contributed by atoms with Gasteiger partial charge in [0.1, 0.15) is 0 Å². The molecule has 0 aliphatic rings. The highest BCUT2D eigenvalue weighted by Gasteiger charge is 2.15. The zero-order valence-corrected chi connectivity index (χ0v) is 14.2. The maximum absolute atomic E-state index is 12.3. The second-order valence-electron chi connectivity index (χ2n) is 5.00. The zero-order valence-electron chi connectivity index (χ0n) is 11.9. The number of nitrogens with zero attached hydrogens (tertiary/aromatic N) is 1. The normalized spacial score (nSPS) is 10.7. The summed E-state index contributed by atoms with van der Waals surface area (Å²) in [6.07, 6.45) is 1.57. The Kier molecular flexibility index (Phi) is 4.50. The molecule has 4 nitrogen and oxygen atoms in total. The number of hydrogen-bond acceptors (Lipinski definition) is 3. The van der Waals surface area contributed by atoms with Crippen LogP contribution < -0.4 is 5.32 Å². The smallest absolute Gasteiger partial charge is 0.274 e. The third-order valence-electron chi connectivity index (χ3n) is 3.41. The molecule has 3 aromatic rings. The minimum absolute atomic E-state index is 0.00423. The standard InChI is InChI=1S/C17H12BrClN2O2/c18-12-4-3-11-9-20-15(16(22)14(11)7-12)17(23)21-8-10-1-5-13(19)6-2-10/h1-7,9,22H,8H2,(H,21,23). The minimum Gasteiger partial charge on any atom is -0.505 e. The van der Waals surface area contributed by atoms with E-state index < -0.39 is 5.91 Å². The van der Waals surface area contributed by atoms with E-state index in [-0.39, 0.29) is 11.4 Å². The lowest BCUT2D eigenvalue weighted by atomic mass is 10.1. The third kappa shape index (κ3) is 3.46. The number of benzene rings is 2. The molecule has 0 spiro atoms. The molecular weight excluding hydrogens is 380 g/mol. The van der Waals surface area contributed by atoms with Crippen LogP contribution >= 0.6 is 27.5 Å². The molecule has 3 rings (SSSR count). The molecule has 1 amide bonds. The first-order valence-corrected chi connectivity index (χ1v) is 8.01. The zero-order chi connectivity index (χ0) is 16.4. The molecule has 0 aliphatic heterocycles. The van der Waals surface area contributed by atoms with E-state index in [1.807, 2.05) is 24.3 Å². The Balaban J connectivity index is 1.83. The molecule has 6 heteroatoms. The molecule has 0 fully saturated rings. The topological polar surface area (TPSA) is 62.2 Å². The first-order valence-electron chi connectivity index (χ1n) is 6.84. The molecule has 2 aromatic carbocycles. The number of pyridine rings is 1. The summed E-state index contributed by atoms with van der Waals surface area (Å²) in [5.74, 6) is -0.559. The average Bonchev–Trinajstić information content (AvgIpc) is 2.55. The van der Waals surface area contributed by atoms with Crippen molar-refractivity contribution in [3.63, 3.8) is 0 Å². The highest BCUT2D eigenvalue weighted by molar-refractivity contribution is 9.10. The highest BCUT2D eigenvalue weighted by Crippen LogP contribution is 2.29. The van der Waals surface area contributed by atoms with Crippen molar-refractivity contribution < 1.29 is 9.90 Å². The second kappa shape index (κ2) is 6.56. The summed E-state index contributed by atoms with van der Waals surface area (Å²) in [6.45, 7) is 0.327. The van der Waals surface area contributed by atoms with Crippen molar-refractivity contribution in [2.45, 2.75) is 6.54 Å². The molecular formula is C17H12BrClN2O2. The largest absolute Gasteiger partial charge is 0.505 e. The van der Waals surface area contributed by atoms with E-state index in [0.29, 0.717) is 17.0 Å². The SMILES string of the molecule is O=C(NCc1ccc(Cl)cc1)c1ncc2ccc(Br)cc2c1O. The van der Waals surface area contributed by atoms with Crippen molar-refractivity contribution in [3.8, 4) is 5.75 Å². The number of rotatable bonds is 3. The quantitative estimate of drug-likeness (QED) is 0.700. The van der Waals surface area contributed by atoms with Crippen molar-refractivity contribution in [2.24, 2.45) is 0 Å². The van der Waals surface area contributed by atoms with Gasteiger partial charge in [0, 0.05) is 33.0 Å². The number of fused-ring (bicyclic) bond motifs is 1. The number of amides is 1.